The normalized spacial score (nSPS) is 11.1. The highest BCUT2D eigenvalue weighted by Gasteiger charge is 2.22. The van der Waals surface area contributed by atoms with Crippen LogP contribution in [-0.4, -0.2) is 96.7 Å². The number of carbonyl (C=O) groups excluding carboxylic acids is 1. The molecule has 6 aromatic rings. The summed E-state index contributed by atoms with van der Waals surface area (Å²) in [6, 6.07) is 7.26. The number of amides is 1. The van der Waals surface area contributed by atoms with Crippen molar-refractivity contribution in [2.24, 2.45) is 5.41 Å². The molecule has 0 unspecified atom stereocenters. The van der Waals surface area contributed by atoms with E-state index in [1.165, 1.54) is 7.11 Å². The minimum Gasteiger partial charge on any atom is -0.493 e. The van der Waals surface area contributed by atoms with Crippen LogP contribution in [0.5, 0.6) is 34.5 Å². The summed E-state index contributed by atoms with van der Waals surface area (Å²) in [6.45, 7) is 4.02. The minimum atomic E-state index is -0.422. The van der Waals surface area contributed by atoms with Gasteiger partial charge in [0, 0.05) is 42.1 Å². The molecule has 52 heavy (non-hydrogen) atoms. The van der Waals surface area contributed by atoms with Crippen molar-refractivity contribution in [1.82, 2.24) is 35.2 Å². The van der Waals surface area contributed by atoms with Crippen molar-refractivity contribution in [3.63, 3.8) is 0 Å². The van der Waals surface area contributed by atoms with Gasteiger partial charge in [-0.2, -0.15) is 0 Å². The Morgan fingerprint density at radius 3 is 1.62 bits per heavy atom. The fraction of sp³-hybridized carbons (Fsp3) is 0.306. The second-order valence-corrected chi connectivity index (χ2v) is 13.2. The summed E-state index contributed by atoms with van der Waals surface area (Å²) in [4.78, 5) is 36.8. The highest BCUT2D eigenvalue weighted by atomic mass is 127. The molecule has 1 amide bonds. The van der Waals surface area contributed by atoms with E-state index in [4.69, 9.17) is 28.4 Å². The first kappa shape index (κ1) is 37.9. The lowest BCUT2D eigenvalue weighted by Crippen LogP contribution is -2.36. The van der Waals surface area contributed by atoms with Crippen molar-refractivity contribution in [3.05, 3.63) is 58.2 Å². The van der Waals surface area contributed by atoms with E-state index in [1.807, 2.05) is 32.2 Å². The van der Waals surface area contributed by atoms with Crippen molar-refractivity contribution in [2.75, 3.05) is 55.8 Å². The average Bonchev–Trinajstić information content (AvgIpc) is 3.78. The van der Waals surface area contributed by atoms with E-state index >= 15 is 0 Å². The number of carbonyl (C=O) groups is 1. The van der Waals surface area contributed by atoms with Crippen molar-refractivity contribution in [2.45, 2.75) is 13.8 Å². The SMILES string of the molecule is COc1cc(-c2cnc3[nH]cc(C(=O)NCC(C)(C)CO)c3n2)cc(OC)c1OC.COc1cc(-c2cnc3[nH]cc(I)c3n2)cc(OC)c1OC. The number of fused-ring (bicyclic) bond motifs is 2. The average molecular weight is 826 g/mol. The van der Waals surface area contributed by atoms with Crippen molar-refractivity contribution < 1.29 is 38.3 Å². The van der Waals surface area contributed by atoms with E-state index < -0.39 is 5.41 Å². The van der Waals surface area contributed by atoms with Gasteiger partial charge in [-0.3, -0.25) is 4.79 Å². The van der Waals surface area contributed by atoms with Gasteiger partial charge in [0.05, 0.1) is 75.6 Å². The molecule has 4 N–H and O–H groups in total. The number of rotatable bonds is 12. The fourth-order valence-corrected chi connectivity index (χ4v) is 5.66. The maximum absolute atomic E-state index is 12.7. The predicted octanol–water partition coefficient (Wildman–Crippen LogP) is 5.65. The smallest absolute Gasteiger partial charge is 0.255 e. The summed E-state index contributed by atoms with van der Waals surface area (Å²) in [7, 11) is 9.37. The summed E-state index contributed by atoms with van der Waals surface area (Å²) in [5, 5.41) is 12.2. The molecule has 16 heteroatoms. The van der Waals surface area contributed by atoms with Gasteiger partial charge >= 0.3 is 0 Å². The molecular weight excluding hydrogens is 785 g/mol. The van der Waals surface area contributed by atoms with Gasteiger partial charge in [0.15, 0.2) is 34.3 Å². The number of nitrogens with one attached hydrogen (secondary N) is 3. The van der Waals surface area contributed by atoms with Gasteiger partial charge in [0.1, 0.15) is 11.0 Å². The molecule has 0 aliphatic carbocycles. The van der Waals surface area contributed by atoms with Crippen LogP contribution in [0, 0.1) is 8.99 Å². The van der Waals surface area contributed by atoms with Gasteiger partial charge in [-0.05, 0) is 46.9 Å². The topological polar surface area (TPSA) is 188 Å². The molecule has 0 saturated carbocycles. The Morgan fingerprint density at radius 2 is 1.17 bits per heavy atom. The van der Waals surface area contributed by atoms with E-state index in [9.17, 15) is 9.90 Å². The third-order valence-corrected chi connectivity index (χ3v) is 8.86. The number of H-pyrrole nitrogens is 2. The summed E-state index contributed by atoms with van der Waals surface area (Å²) in [5.74, 6) is 2.90. The summed E-state index contributed by atoms with van der Waals surface area (Å²) in [6.07, 6.45) is 6.78. The number of hydrogen-bond acceptors (Lipinski definition) is 12. The second kappa shape index (κ2) is 16.3. The zero-order chi connectivity index (χ0) is 37.6. The molecule has 0 spiro atoms. The van der Waals surface area contributed by atoms with Crippen LogP contribution in [0.15, 0.2) is 49.1 Å². The van der Waals surface area contributed by atoms with Gasteiger partial charge in [-0.1, -0.05) is 13.8 Å². The lowest BCUT2D eigenvalue weighted by Gasteiger charge is -2.21. The third-order valence-electron chi connectivity index (χ3n) is 8.04. The number of halogens is 1. The lowest BCUT2D eigenvalue weighted by atomic mass is 9.95. The summed E-state index contributed by atoms with van der Waals surface area (Å²) >= 11 is 2.23. The summed E-state index contributed by atoms with van der Waals surface area (Å²) in [5.41, 5.74) is 5.34. The molecule has 4 heterocycles. The molecule has 0 saturated heterocycles. The third kappa shape index (κ3) is 7.91. The first-order valence-corrected chi connectivity index (χ1v) is 16.9. The Labute approximate surface area is 313 Å². The highest BCUT2D eigenvalue weighted by Crippen LogP contribution is 2.42. The fourth-order valence-electron chi connectivity index (χ4n) is 5.13. The second-order valence-electron chi connectivity index (χ2n) is 12.1. The van der Waals surface area contributed by atoms with Crippen molar-refractivity contribution in [3.8, 4) is 57.0 Å². The van der Waals surface area contributed by atoms with Crippen LogP contribution in [0.3, 0.4) is 0 Å². The van der Waals surface area contributed by atoms with E-state index in [2.05, 4.69) is 57.8 Å². The van der Waals surface area contributed by atoms with Crippen LogP contribution in [0.4, 0.5) is 0 Å². The quantitative estimate of drug-likeness (QED) is 0.111. The standard InChI is InChI=1S/C21H26N4O5.C15H14IN3O3/c1-21(2,11-26)10-24-20(27)13-8-22-19-17(13)25-14(9-23-19)12-6-15(28-3)18(30-5)16(7-12)29-4;1-20-11-4-8(5-12(21-2)14(11)22-3)10-7-18-15-13(19-10)9(16)6-17-15/h6-9,26H,10-11H2,1-5H3,(H,22,23)(H,24,27);4-7H,1-3H3,(H,17,18). The molecular formula is C36H40IN7O8. The molecule has 0 aliphatic heterocycles. The number of methoxy groups -OCH3 is 6. The molecule has 0 bridgehead atoms. The molecule has 0 radical (unpaired) electrons. The largest absolute Gasteiger partial charge is 0.493 e. The molecule has 0 atom stereocenters. The van der Waals surface area contributed by atoms with Crippen LogP contribution >= 0.6 is 22.6 Å². The Bertz CT molecular complexity index is 2150. The number of ether oxygens (including phenoxy) is 6. The van der Waals surface area contributed by atoms with Crippen molar-refractivity contribution >= 4 is 50.8 Å². The minimum absolute atomic E-state index is 0.0355. The lowest BCUT2D eigenvalue weighted by molar-refractivity contribution is 0.0912. The number of aliphatic hydroxyl groups is 1. The molecule has 0 aliphatic rings. The van der Waals surface area contributed by atoms with Crippen LogP contribution in [0.25, 0.3) is 44.8 Å². The van der Waals surface area contributed by atoms with Crippen molar-refractivity contribution in [1.29, 1.82) is 0 Å². The first-order chi connectivity index (χ1) is 25.0. The number of benzene rings is 2. The Balaban J connectivity index is 0.000000210. The van der Waals surface area contributed by atoms with Gasteiger partial charge in [-0.25, -0.2) is 19.9 Å². The molecule has 4 aromatic heterocycles. The van der Waals surface area contributed by atoms with E-state index in [0.29, 0.717) is 69.0 Å². The van der Waals surface area contributed by atoms with Gasteiger partial charge < -0.3 is 48.8 Å². The predicted molar refractivity (Wildman–Crippen MR) is 204 cm³/mol. The molecule has 0 fully saturated rings. The molecule has 2 aromatic carbocycles. The van der Waals surface area contributed by atoms with E-state index in [-0.39, 0.29) is 12.5 Å². The number of aromatic amines is 2. The van der Waals surface area contributed by atoms with E-state index in [0.717, 1.165) is 26.0 Å². The Hall–Kier alpha value is -5.36. The van der Waals surface area contributed by atoms with Crippen LogP contribution < -0.4 is 33.7 Å². The maximum Gasteiger partial charge on any atom is 0.255 e. The van der Waals surface area contributed by atoms with Gasteiger partial charge in [0.25, 0.3) is 5.91 Å². The van der Waals surface area contributed by atoms with Crippen LogP contribution in [0.2, 0.25) is 0 Å². The molecule has 6 rings (SSSR count). The van der Waals surface area contributed by atoms with Gasteiger partial charge in [-0.15, -0.1) is 0 Å². The number of nitrogens with zero attached hydrogens (tertiary/aromatic N) is 4. The Morgan fingerprint density at radius 1 is 0.731 bits per heavy atom. The molecule has 274 valence electrons. The zero-order valence-corrected chi connectivity index (χ0v) is 32.2. The van der Waals surface area contributed by atoms with Crippen LogP contribution in [0.1, 0.15) is 24.2 Å². The highest BCUT2D eigenvalue weighted by molar-refractivity contribution is 14.1. The van der Waals surface area contributed by atoms with E-state index in [1.54, 1.807) is 66.3 Å². The van der Waals surface area contributed by atoms with Crippen LogP contribution in [-0.2, 0) is 0 Å². The number of hydrogen-bond donors (Lipinski definition) is 4. The monoisotopic (exact) mass is 825 g/mol. The molecule has 15 nitrogen and oxygen atoms in total. The number of aliphatic hydroxyl groups excluding tert-OH is 1. The first-order valence-electron chi connectivity index (χ1n) is 15.8. The summed E-state index contributed by atoms with van der Waals surface area (Å²) < 4.78 is 33.3. The van der Waals surface area contributed by atoms with Gasteiger partial charge in [0.2, 0.25) is 11.5 Å². The number of aromatic nitrogens is 6. The Kier molecular flexibility index (Phi) is 11.9. The maximum atomic E-state index is 12.7. The zero-order valence-electron chi connectivity index (χ0n) is 30.0.